The smallest absolute Gasteiger partial charge is 0.326 e. The van der Waals surface area contributed by atoms with E-state index in [1.807, 2.05) is 36.4 Å². The van der Waals surface area contributed by atoms with Crippen molar-refractivity contribution in [3.05, 3.63) is 42.1 Å². The number of para-hydroxylation sites is 1. The van der Waals surface area contributed by atoms with Gasteiger partial charge in [0, 0.05) is 12.0 Å². The fourth-order valence-corrected chi connectivity index (χ4v) is 3.88. The number of nitrogens with one attached hydrogen (secondary N) is 2. The summed E-state index contributed by atoms with van der Waals surface area (Å²) in [5, 5.41) is 9.99. The van der Waals surface area contributed by atoms with Crippen molar-refractivity contribution in [1.29, 1.82) is 0 Å². The maximum absolute atomic E-state index is 12.6. The summed E-state index contributed by atoms with van der Waals surface area (Å²) in [4.78, 5) is 50.3. The zero-order chi connectivity index (χ0) is 23.6. The highest BCUT2D eigenvalue weighted by Gasteiger charge is 2.49. The number of anilines is 1. The van der Waals surface area contributed by atoms with Crippen molar-refractivity contribution in [3.63, 3.8) is 0 Å². The van der Waals surface area contributed by atoms with E-state index in [0.717, 1.165) is 29.1 Å². The third-order valence-corrected chi connectivity index (χ3v) is 6.10. The quantitative estimate of drug-likeness (QED) is 0.444. The summed E-state index contributed by atoms with van der Waals surface area (Å²) in [6, 6.07) is 10.6. The molecule has 33 heavy (non-hydrogen) atoms. The summed E-state index contributed by atoms with van der Waals surface area (Å²) in [6.45, 7) is 2.49. The maximum Gasteiger partial charge on any atom is 0.326 e. The molecule has 2 aromatic rings. The lowest BCUT2D eigenvalue weighted by atomic mass is 9.93. The first kappa shape index (κ1) is 22.5. The number of urea groups is 1. The zero-order valence-electron chi connectivity index (χ0n) is 18.7. The number of hydrogen-bond acceptors (Lipinski definition) is 6. The van der Waals surface area contributed by atoms with Crippen LogP contribution in [0.4, 0.5) is 10.6 Å². The van der Waals surface area contributed by atoms with Gasteiger partial charge in [-0.1, -0.05) is 32.0 Å². The Labute approximate surface area is 191 Å². The molecule has 1 aromatic carbocycles. The molecule has 0 bridgehead atoms. The molecule has 1 aromatic heterocycles. The van der Waals surface area contributed by atoms with Gasteiger partial charge in [0.1, 0.15) is 17.9 Å². The molecule has 0 spiro atoms. The van der Waals surface area contributed by atoms with Crippen molar-refractivity contribution >= 4 is 29.6 Å². The second-order valence-electron chi connectivity index (χ2n) is 8.30. The Morgan fingerprint density at radius 3 is 2.48 bits per heavy atom. The molecule has 1 saturated heterocycles. The number of aromatic nitrogens is 2. The van der Waals surface area contributed by atoms with E-state index in [1.165, 1.54) is 0 Å². The van der Waals surface area contributed by atoms with Gasteiger partial charge in [-0.25, -0.2) is 9.48 Å². The number of amides is 4. The molecule has 0 radical (unpaired) electrons. The Kier molecular flexibility index (Phi) is 6.17. The average Bonchev–Trinajstić information content (AvgIpc) is 3.55. The normalized spacial score (nSPS) is 17.1. The molecule has 4 rings (SSSR count). The number of benzene rings is 1. The van der Waals surface area contributed by atoms with Gasteiger partial charge in [0.25, 0.3) is 11.8 Å². The van der Waals surface area contributed by atoms with Gasteiger partial charge in [-0.15, -0.1) is 0 Å². The van der Waals surface area contributed by atoms with Gasteiger partial charge in [0.05, 0.1) is 11.4 Å². The van der Waals surface area contributed by atoms with Crippen LogP contribution in [0.1, 0.15) is 51.1 Å². The Hall–Kier alpha value is -3.69. The minimum Gasteiger partial charge on any atom is -0.454 e. The lowest BCUT2D eigenvalue weighted by molar-refractivity contribution is -0.150. The number of esters is 1. The second kappa shape index (κ2) is 9.05. The van der Waals surface area contributed by atoms with E-state index in [-0.39, 0.29) is 0 Å². The van der Waals surface area contributed by atoms with E-state index in [4.69, 9.17) is 4.74 Å². The van der Waals surface area contributed by atoms with Gasteiger partial charge in [0.2, 0.25) is 0 Å². The molecule has 2 fully saturated rings. The van der Waals surface area contributed by atoms with Crippen molar-refractivity contribution in [2.75, 3.05) is 18.5 Å². The van der Waals surface area contributed by atoms with Crippen molar-refractivity contribution < 1.29 is 23.9 Å². The molecule has 1 aliphatic heterocycles. The molecule has 2 N–H and O–H groups in total. The number of carbonyl (C=O) groups excluding carboxylic acids is 4. The molecular formula is C23H27N5O5. The maximum atomic E-state index is 12.6. The van der Waals surface area contributed by atoms with E-state index in [2.05, 4.69) is 15.7 Å². The van der Waals surface area contributed by atoms with E-state index >= 15 is 0 Å². The third kappa shape index (κ3) is 4.59. The van der Waals surface area contributed by atoms with Crippen molar-refractivity contribution in [2.45, 2.75) is 51.0 Å². The molecule has 1 saturated carbocycles. The van der Waals surface area contributed by atoms with Crippen LogP contribution in [-0.2, 0) is 19.1 Å². The van der Waals surface area contributed by atoms with Crippen LogP contribution in [0.25, 0.3) is 5.69 Å². The summed E-state index contributed by atoms with van der Waals surface area (Å²) in [7, 11) is 0. The first-order chi connectivity index (χ1) is 15.9. The average molecular weight is 453 g/mol. The third-order valence-electron chi connectivity index (χ3n) is 6.10. The van der Waals surface area contributed by atoms with Crippen LogP contribution < -0.4 is 10.6 Å². The van der Waals surface area contributed by atoms with Gasteiger partial charge >= 0.3 is 12.0 Å². The zero-order valence-corrected chi connectivity index (χ0v) is 18.7. The number of carbonyl (C=O) groups is 4. The standard InChI is InChI=1S/C23H27N5O5/c1-3-23(4-2)21(31)27(22(32)25-23)13-20(30)33-14-19(29)24-18-12-17(15-10-11-15)26-28(18)16-8-6-5-7-9-16/h5-9,12,15H,3-4,10-11,13-14H2,1-2H3,(H,24,29)(H,25,32). The first-order valence-electron chi connectivity index (χ1n) is 11.1. The Bertz CT molecular complexity index is 1070. The molecule has 4 amide bonds. The molecular weight excluding hydrogens is 426 g/mol. The Morgan fingerprint density at radius 2 is 1.88 bits per heavy atom. The highest BCUT2D eigenvalue weighted by atomic mass is 16.5. The molecule has 2 heterocycles. The van der Waals surface area contributed by atoms with Gasteiger partial charge in [0.15, 0.2) is 6.61 Å². The van der Waals surface area contributed by atoms with Crippen LogP contribution in [0.3, 0.4) is 0 Å². The topological polar surface area (TPSA) is 123 Å². The van der Waals surface area contributed by atoms with Gasteiger partial charge in [-0.3, -0.25) is 19.3 Å². The number of nitrogens with zero attached hydrogens (tertiary/aromatic N) is 3. The minimum absolute atomic E-state index is 0.394. The number of ether oxygens (including phenoxy) is 1. The van der Waals surface area contributed by atoms with Crippen LogP contribution >= 0.6 is 0 Å². The van der Waals surface area contributed by atoms with E-state index in [0.29, 0.717) is 24.6 Å². The SMILES string of the molecule is CCC1(CC)NC(=O)N(CC(=O)OCC(=O)Nc2cc(C3CC3)nn2-c2ccccc2)C1=O. The van der Waals surface area contributed by atoms with Crippen LogP contribution in [0, 0.1) is 0 Å². The molecule has 10 heteroatoms. The van der Waals surface area contributed by atoms with Crippen molar-refractivity contribution in [2.24, 2.45) is 0 Å². The predicted molar refractivity (Wildman–Crippen MR) is 119 cm³/mol. The summed E-state index contributed by atoms with van der Waals surface area (Å²) >= 11 is 0. The fourth-order valence-electron chi connectivity index (χ4n) is 3.88. The van der Waals surface area contributed by atoms with Crippen LogP contribution in [0.2, 0.25) is 0 Å². The van der Waals surface area contributed by atoms with Gasteiger partial charge in [-0.2, -0.15) is 5.10 Å². The molecule has 174 valence electrons. The molecule has 1 aliphatic carbocycles. The van der Waals surface area contributed by atoms with Crippen LogP contribution in [-0.4, -0.2) is 57.2 Å². The second-order valence-corrected chi connectivity index (χ2v) is 8.30. The largest absolute Gasteiger partial charge is 0.454 e. The summed E-state index contributed by atoms with van der Waals surface area (Å²) in [5.41, 5.74) is 0.703. The van der Waals surface area contributed by atoms with E-state index in [1.54, 1.807) is 18.5 Å². The van der Waals surface area contributed by atoms with Crippen LogP contribution in [0.5, 0.6) is 0 Å². The van der Waals surface area contributed by atoms with E-state index in [9.17, 15) is 19.2 Å². The fraction of sp³-hybridized carbons (Fsp3) is 0.435. The first-order valence-corrected chi connectivity index (χ1v) is 11.1. The number of hydrogen-bond donors (Lipinski definition) is 2. The lowest BCUT2D eigenvalue weighted by Gasteiger charge is -2.22. The summed E-state index contributed by atoms with van der Waals surface area (Å²) < 4.78 is 6.68. The Balaban J connectivity index is 1.36. The highest BCUT2D eigenvalue weighted by Crippen LogP contribution is 2.40. The van der Waals surface area contributed by atoms with E-state index < -0.39 is 42.5 Å². The minimum atomic E-state index is -0.996. The van der Waals surface area contributed by atoms with Crippen molar-refractivity contribution in [3.8, 4) is 5.69 Å². The Morgan fingerprint density at radius 1 is 1.18 bits per heavy atom. The molecule has 0 unspecified atom stereocenters. The van der Waals surface area contributed by atoms with Gasteiger partial charge in [-0.05, 0) is 37.8 Å². The van der Waals surface area contributed by atoms with Crippen molar-refractivity contribution in [1.82, 2.24) is 20.0 Å². The van der Waals surface area contributed by atoms with Crippen LogP contribution in [0.15, 0.2) is 36.4 Å². The van der Waals surface area contributed by atoms with Gasteiger partial charge < -0.3 is 15.4 Å². The molecule has 0 atom stereocenters. The predicted octanol–water partition coefficient (Wildman–Crippen LogP) is 2.34. The number of rotatable bonds is 9. The lowest BCUT2D eigenvalue weighted by Crippen LogP contribution is -2.46. The number of imide groups is 1. The highest BCUT2D eigenvalue weighted by molar-refractivity contribution is 6.08. The molecule has 2 aliphatic rings. The monoisotopic (exact) mass is 453 g/mol. The summed E-state index contributed by atoms with van der Waals surface area (Å²) in [6.07, 6.45) is 2.97. The summed E-state index contributed by atoms with van der Waals surface area (Å²) in [5.74, 6) is -0.971. The molecule has 10 nitrogen and oxygen atoms in total.